The van der Waals surface area contributed by atoms with E-state index >= 15 is 0 Å². The first-order valence-corrected chi connectivity index (χ1v) is 26.6. The van der Waals surface area contributed by atoms with Crippen LogP contribution in [0.1, 0.15) is 122 Å². The van der Waals surface area contributed by atoms with Gasteiger partial charge in [0.1, 0.15) is 30.0 Å². The van der Waals surface area contributed by atoms with Crippen LogP contribution in [-0.4, -0.2) is 211 Å². The molecule has 0 unspecified atom stereocenters. The Morgan fingerprint density at radius 1 is 0.870 bits per heavy atom. The van der Waals surface area contributed by atoms with Crippen molar-refractivity contribution in [1.82, 2.24) is 14.8 Å². The van der Waals surface area contributed by atoms with E-state index in [2.05, 4.69) is 15.2 Å². The number of hydrogen-bond donors (Lipinski definition) is 9. The Morgan fingerprint density at radius 3 is 2.01 bits per heavy atom. The molecule has 0 amide bonds. The number of carbonyl (C=O) groups is 4. The summed E-state index contributed by atoms with van der Waals surface area (Å²) in [6, 6.07) is 8.98. The summed E-state index contributed by atoms with van der Waals surface area (Å²) in [6.45, 7) is 22.6. The van der Waals surface area contributed by atoms with Crippen LogP contribution in [0, 0.1) is 17.8 Å². The molecule has 1 aromatic heterocycles. The summed E-state index contributed by atoms with van der Waals surface area (Å²) in [6.07, 6.45) is -6.18. The first kappa shape index (κ1) is 68.9. The molecule has 0 saturated carbocycles. The summed E-state index contributed by atoms with van der Waals surface area (Å²) in [5, 5.41) is 86.9. The van der Waals surface area contributed by atoms with E-state index in [0.29, 0.717) is 32.5 Å². The number of fused-ring (bicyclic) bond motifs is 1. The van der Waals surface area contributed by atoms with Gasteiger partial charge in [0.05, 0.1) is 47.1 Å². The number of aliphatic hydroxyl groups is 5. The molecular weight excluding hydrogens is 1000 g/mol. The van der Waals surface area contributed by atoms with Gasteiger partial charge in [0, 0.05) is 89.2 Å². The number of carbonyl (C=O) groups excluding carboxylic acids is 1. The van der Waals surface area contributed by atoms with Crippen molar-refractivity contribution < 1.29 is 88.5 Å². The number of hydrogen-bond acceptors (Lipinski definition) is 19. The van der Waals surface area contributed by atoms with Crippen LogP contribution in [0.5, 0.6) is 0 Å². The van der Waals surface area contributed by atoms with E-state index in [9.17, 15) is 30.3 Å². The fourth-order valence-corrected chi connectivity index (χ4v) is 10.7. The number of pyridine rings is 1. The number of aromatic nitrogens is 1. The van der Waals surface area contributed by atoms with Crippen LogP contribution in [0.2, 0.25) is 0 Å². The van der Waals surface area contributed by atoms with Gasteiger partial charge in [0.2, 0.25) is 0 Å². The van der Waals surface area contributed by atoms with Crippen molar-refractivity contribution >= 4 is 40.5 Å². The molecule has 3 aliphatic rings. The second-order valence-corrected chi connectivity index (χ2v) is 21.9. The zero-order valence-corrected chi connectivity index (χ0v) is 48.3. The number of aliphatic hydroxyl groups excluding tert-OH is 3. The van der Waals surface area contributed by atoms with Crippen molar-refractivity contribution in [2.75, 3.05) is 46.2 Å². The van der Waals surface area contributed by atoms with Crippen LogP contribution < -0.4 is 5.32 Å². The Balaban J connectivity index is 0.00000153. The predicted molar refractivity (Wildman–Crippen MR) is 288 cm³/mol. The van der Waals surface area contributed by atoms with Crippen molar-refractivity contribution in [2.45, 2.75) is 212 Å². The van der Waals surface area contributed by atoms with Gasteiger partial charge in [-0.2, -0.15) is 0 Å². The van der Waals surface area contributed by atoms with E-state index in [1.54, 1.807) is 40.8 Å². The van der Waals surface area contributed by atoms with Crippen molar-refractivity contribution in [3.8, 4) is 0 Å². The fraction of sp³-hybridized carbons (Fsp3) is 0.764. The Morgan fingerprint density at radius 2 is 1.45 bits per heavy atom. The van der Waals surface area contributed by atoms with E-state index < -0.39 is 114 Å². The Kier molecular flexibility index (Phi) is 27.7. The highest BCUT2D eigenvalue weighted by molar-refractivity contribution is 5.90. The lowest BCUT2D eigenvalue weighted by atomic mass is 9.77. The van der Waals surface area contributed by atoms with Crippen molar-refractivity contribution in [2.24, 2.45) is 17.8 Å². The van der Waals surface area contributed by atoms with Gasteiger partial charge < -0.3 is 79.5 Å². The van der Waals surface area contributed by atoms with E-state index in [4.69, 9.17) is 58.1 Å². The lowest BCUT2D eigenvalue weighted by Crippen LogP contribution is -2.60. The number of carboxylic acids is 3. The van der Waals surface area contributed by atoms with Gasteiger partial charge >= 0.3 is 5.97 Å². The van der Waals surface area contributed by atoms with Crippen LogP contribution >= 0.6 is 0 Å². The van der Waals surface area contributed by atoms with Crippen LogP contribution in [-0.2, 0) is 47.6 Å². The summed E-state index contributed by atoms with van der Waals surface area (Å²) < 4.78 is 38.2. The van der Waals surface area contributed by atoms with Gasteiger partial charge in [0.15, 0.2) is 12.6 Å². The molecule has 22 heteroatoms. The summed E-state index contributed by atoms with van der Waals surface area (Å²) in [4.78, 5) is 50.1. The smallest absolute Gasteiger partial charge is 0.311 e. The van der Waals surface area contributed by atoms with Crippen LogP contribution in [0.15, 0.2) is 36.5 Å². The number of benzene rings is 1. The number of nitrogens with zero attached hydrogens (tertiary/aromatic N) is 3. The minimum atomic E-state index is -1.87. The molecule has 9 N–H and O–H groups in total. The standard InChI is InChI=1S/C49H82N4O12.3C2H4O2/c1-14-38-49(10,59)42(55)32(6)53(23-17-21-50-36-20-22-51-35-19-16-15-18-34(35)36)27-28(2)25-47(8,58)44(65-46-40(54)37(52(11)12)24-29(3)61-46)30(4)41(31(5)45(57)63-38)64-39-26-48(9,60-13)43(56)33(7)62-39;3*1-2(3)4/h15-16,18-20,22,28-33,37-44,46,54-56,58-59H,14,17,21,23-27H2,1-13H3,(H,50,51);3*1H3,(H,3,4)/t28-,29-,30+,31-,32-,33+,37+,38-,39+,40-,41+,42-,43+,44-,46+,47-,48-,49-;;;/m1.../s1. The molecule has 1 aromatic carbocycles. The number of rotatable bonds is 12. The van der Waals surface area contributed by atoms with Crippen molar-refractivity contribution in [3.05, 3.63) is 36.5 Å². The molecule has 0 spiro atoms. The molecule has 0 radical (unpaired) electrons. The molecular formula is C55H94N4O18. The number of ether oxygens (including phenoxy) is 6. The molecule has 442 valence electrons. The topological polar surface area (TPSA) is 317 Å². The number of esters is 1. The van der Waals surface area contributed by atoms with E-state index in [1.807, 2.05) is 77.0 Å². The molecule has 0 aliphatic carbocycles. The number of methoxy groups -OCH3 is 1. The van der Waals surface area contributed by atoms with E-state index in [0.717, 1.165) is 37.4 Å². The second kappa shape index (κ2) is 31.0. The fourth-order valence-electron chi connectivity index (χ4n) is 10.7. The highest BCUT2D eigenvalue weighted by Gasteiger charge is 2.53. The number of anilines is 1. The van der Waals surface area contributed by atoms with Crippen LogP contribution in [0.3, 0.4) is 0 Å². The normalized spacial score (nSPS) is 36.4. The Hall–Kier alpha value is -4.17. The molecule has 0 bridgehead atoms. The van der Waals surface area contributed by atoms with Crippen LogP contribution in [0.4, 0.5) is 5.69 Å². The van der Waals surface area contributed by atoms with Gasteiger partial charge in [-0.25, -0.2) is 0 Å². The number of carboxylic acid groups (broad SMARTS) is 3. The highest BCUT2D eigenvalue weighted by Crippen LogP contribution is 2.40. The first-order valence-electron chi connectivity index (χ1n) is 26.6. The number of cyclic esters (lactones) is 1. The maximum Gasteiger partial charge on any atom is 0.311 e. The quantitative estimate of drug-likeness (QED) is 0.104. The van der Waals surface area contributed by atoms with Gasteiger partial charge in [-0.05, 0) is 106 Å². The minimum absolute atomic E-state index is 0.117. The molecule has 77 heavy (non-hydrogen) atoms. The van der Waals surface area contributed by atoms with Crippen LogP contribution in [0.25, 0.3) is 10.9 Å². The third kappa shape index (κ3) is 20.5. The Labute approximate surface area is 455 Å². The van der Waals surface area contributed by atoms with E-state index in [-0.39, 0.29) is 37.3 Å². The second-order valence-electron chi connectivity index (χ2n) is 21.9. The molecule has 18 atom stereocenters. The van der Waals surface area contributed by atoms with Gasteiger partial charge in [-0.3, -0.25) is 29.1 Å². The Bertz CT molecular complexity index is 2090. The summed E-state index contributed by atoms with van der Waals surface area (Å²) in [7, 11) is 5.30. The molecule has 3 aliphatic heterocycles. The van der Waals surface area contributed by atoms with Crippen molar-refractivity contribution in [3.63, 3.8) is 0 Å². The molecule has 5 rings (SSSR count). The molecule has 4 heterocycles. The maximum atomic E-state index is 14.6. The number of para-hydroxylation sites is 1. The largest absolute Gasteiger partial charge is 0.481 e. The van der Waals surface area contributed by atoms with Gasteiger partial charge in [-0.15, -0.1) is 0 Å². The SMILES string of the molecule is CC(=O)O.CC(=O)O.CC(=O)O.CC[C@H]1OC(=O)[C@H](C)[C@@H](O[C@H]2C[C@@](C)(OC)[C@@H](O)[C@H](C)O2)[C@H](C)[C@@H](O[C@@H]2O[C@H](C)C[C@H](N(C)C)[C@H]2O)[C@](C)(O)C[C@@H](C)CN(CCCNc2ccnc3ccccc23)[C@H](C)[C@@H](O)[C@]1(C)O. The molecule has 3 fully saturated rings. The maximum absolute atomic E-state index is 14.6. The van der Waals surface area contributed by atoms with E-state index in [1.165, 1.54) is 14.0 Å². The highest BCUT2D eigenvalue weighted by atomic mass is 16.7. The number of aliphatic carboxylic acids is 3. The average molecular weight is 1100 g/mol. The predicted octanol–water partition coefficient (Wildman–Crippen LogP) is 4.59. The monoisotopic (exact) mass is 1100 g/mol. The third-order valence-electron chi connectivity index (χ3n) is 14.6. The lowest BCUT2D eigenvalue weighted by Gasteiger charge is -2.48. The molecule has 2 aromatic rings. The zero-order chi connectivity index (χ0) is 58.9. The summed E-state index contributed by atoms with van der Waals surface area (Å²) >= 11 is 0. The van der Waals surface area contributed by atoms with Crippen molar-refractivity contribution in [1.29, 1.82) is 0 Å². The third-order valence-corrected chi connectivity index (χ3v) is 14.6. The zero-order valence-electron chi connectivity index (χ0n) is 48.3. The molecule has 3 saturated heterocycles. The summed E-state index contributed by atoms with van der Waals surface area (Å²) in [5.74, 6) is -5.23. The first-order chi connectivity index (χ1) is 35.6. The van der Waals surface area contributed by atoms with Gasteiger partial charge in [-0.1, -0.05) is 39.0 Å². The number of likely N-dealkylation sites (N-methyl/N-ethyl adjacent to an activating group) is 1. The van der Waals surface area contributed by atoms with Gasteiger partial charge in [0.25, 0.3) is 17.9 Å². The minimum Gasteiger partial charge on any atom is -0.481 e. The number of nitrogens with one attached hydrogen (secondary N) is 1. The summed E-state index contributed by atoms with van der Waals surface area (Å²) in [5.41, 5.74) is -2.68. The lowest BCUT2D eigenvalue weighted by molar-refractivity contribution is -0.318. The average Bonchev–Trinajstić information content (AvgIpc) is 3.33. The molecule has 22 nitrogen and oxygen atoms in total.